The number of aliphatic hydroxyl groups is 1. The molecule has 1 N–H and O–H groups in total. The fourth-order valence-corrected chi connectivity index (χ4v) is 4.34. The molecule has 2 aliphatic rings. The van der Waals surface area contributed by atoms with Gasteiger partial charge in [-0.15, -0.1) is 0 Å². The van der Waals surface area contributed by atoms with E-state index in [-0.39, 0.29) is 37.1 Å². The third-order valence-electron chi connectivity index (χ3n) is 6.18. The van der Waals surface area contributed by atoms with Crippen LogP contribution < -0.4 is 4.74 Å². The molecule has 164 valence electrons. The Hall–Kier alpha value is -2.41. The van der Waals surface area contributed by atoms with Crippen molar-refractivity contribution in [3.8, 4) is 5.75 Å². The van der Waals surface area contributed by atoms with E-state index >= 15 is 0 Å². The van der Waals surface area contributed by atoms with Crippen molar-refractivity contribution in [3.05, 3.63) is 29.8 Å². The summed E-state index contributed by atoms with van der Waals surface area (Å²) < 4.78 is 5.22. The van der Waals surface area contributed by atoms with Crippen molar-refractivity contribution in [2.75, 3.05) is 26.7 Å². The molecule has 7 nitrogen and oxygen atoms in total. The zero-order valence-corrected chi connectivity index (χ0v) is 18.1. The highest BCUT2D eigenvalue weighted by Gasteiger charge is 2.54. The van der Waals surface area contributed by atoms with Gasteiger partial charge in [-0.3, -0.25) is 19.3 Å². The zero-order valence-electron chi connectivity index (χ0n) is 18.1. The summed E-state index contributed by atoms with van der Waals surface area (Å²) in [7, 11) is 1.56. The van der Waals surface area contributed by atoms with Gasteiger partial charge in [-0.2, -0.15) is 0 Å². The second-order valence-electron chi connectivity index (χ2n) is 8.83. The molecule has 1 aromatic rings. The van der Waals surface area contributed by atoms with Gasteiger partial charge in [0, 0.05) is 32.5 Å². The van der Waals surface area contributed by atoms with Crippen molar-refractivity contribution < 1.29 is 24.2 Å². The van der Waals surface area contributed by atoms with E-state index in [4.69, 9.17) is 4.74 Å². The molecule has 3 rings (SSSR count). The number of imide groups is 1. The Morgan fingerprint density at radius 2 is 1.97 bits per heavy atom. The minimum atomic E-state index is -1.21. The molecule has 0 unspecified atom stereocenters. The summed E-state index contributed by atoms with van der Waals surface area (Å²) in [5.74, 6) is 0.273. The number of aliphatic hydroxyl groups excluding tert-OH is 1. The van der Waals surface area contributed by atoms with Gasteiger partial charge in [0.15, 0.2) is 0 Å². The summed E-state index contributed by atoms with van der Waals surface area (Å²) in [5, 5.41) is 9.95. The summed E-state index contributed by atoms with van der Waals surface area (Å²) in [6.07, 6.45) is 1.50. The van der Waals surface area contributed by atoms with Crippen LogP contribution in [0, 0.1) is 5.92 Å². The van der Waals surface area contributed by atoms with Crippen molar-refractivity contribution in [1.29, 1.82) is 0 Å². The molecule has 2 heterocycles. The van der Waals surface area contributed by atoms with Crippen LogP contribution in [0.15, 0.2) is 24.3 Å². The van der Waals surface area contributed by atoms with Gasteiger partial charge in [-0.1, -0.05) is 26.0 Å². The molecule has 2 aliphatic heterocycles. The lowest BCUT2D eigenvalue weighted by molar-refractivity contribution is -0.143. The Bertz CT molecular complexity index is 791. The van der Waals surface area contributed by atoms with Gasteiger partial charge in [0.25, 0.3) is 0 Å². The minimum Gasteiger partial charge on any atom is -0.497 e. The first-order valence-corrected chi connectivity index (χ1v) is 10.7. The van der Waals surface area contributed by atoms with E-state index in [1.807, 2.05) is 13.8 Å². The standard InChI is InChI=1S/C23H32N2O5/c1-16(2)10-12-25-21(28)14-23(22(25)29,17-6-8-19(30-3)9-7-17)13-20(27)24-11-4-5-18(26)15-24/h6-9,16,18,26H,4-5,10-15H2,1-3H3/t18-,23-/m0/s1. The van der Waals surface area contributed by atoms with E-state index < -0.39 is 11.5 Å². The maximum Gasteiger partial charge on any atom is 0.240 e. The molecule has 0 aliphatic carbocycles. The van der Waals surface area contributed by atoms with Crippen molar-refractivity contribution >= 4 is 17.7 Å². The number of hydrogen-bond acceptors (Lipinski definition) is 5. The molecule has 0 aromatic heterocycles. The lowest BCUT2D eigenvalue weighted by Gasteiger charge is -2.34. The molecule has 2 fully saturated rings. The maximum absolute atomic E-state index is 13.5. The Kier molecular flexibility index (Phi) is 6.81. The lowest BCUT2D eigenvalue weighted by atomic mass is 9.75. The molecule has 1 aromatic carbocycles. The number of piperidine rings is 1. The van der Waals surface area contributed by atoms with Gasteiger partial charge in [0.1, 0.15) is 5.75 Å². The van der Waals surface area contributed by atoms with E-state index in [0.29, 0.717) is 36.7 Å². The van der Waals surface area contributed by atoms with Crippen LogP contribution in [0.4, 0.5) is 0 Å². The van der Waals surface area contributed by atoms with Crippen LogP contribution in [-0.2, 0) is 19.8 Å². The van der Waals surface area contributed by atoms with Crippen molar-refractivity contribution in [2.45, 2.75) is 57.5 Å². The molecule has 30 heavy (non-hydrogen) atoms. The van der Waals surface area contributed by atoms with Gasteiger partial charge in [0.2, 0.25) is 17.7 Å². The molecule has 2 atom stereocenters. The van der Waals surface area contributed by atoms with Crippen molar-refractivity contribution in [3.63, 3.8) is 0 Å². The highest BCUT2D eigenvalue weighted by molar-refractivity contribution is 6.10. The van der Waals surface area contributed by atoms with Crippen LogP contribution in [0.5, 0.6) is 5.75 Å². The monoisotopic (exact) mass is 416 g/mol. The number of rotatable bonds is 7. The molecular weight excluding hydrogens is 384 g/mol. The highest BCUT2D eigenvalue weighted by atomic mass is 16.5. The quantitative estimate of drug-likeness (QED) is 0.688. The third kappa shape index (κ3) is 4.51. The first kappa shape index (κ1) is 22.3. The summed E-state index contributed by atoms with van der Waals surface area (Å²) in [5.41, 5.74) is -0.556. The first-order chi connectivity index (χ1) is 14.3. The Labute approximate surface area is 178 Å². The number of amides is 3. The second-order valence-corrected chi connectivity index (χ2v) is 8.83. The number of nitrogens with zero attached hydrogens (tertiary/aromatic N) is 2. The average molecular weight is 417 g/mol. The number of carbonyl (C=O) groups is 3. The molecule has 0 bridgehead atoms. The number of ether oxygens (including phenoxy) is 1. The van der Waals surface area contributed by atoms with E-state index in [1.165, 1.54) is 4.90 Å². The number of β-amino-alcohol motifs (C(OH)–C–C–N with tert-alkyl or cyclic N) is 1. The molecule has 0 saturated carbocycles. The van der Waals surface area contributed by atoms with Gasteiger partial charge in [0.05, 0.1) is 18.6 Å². The van der Waals surface area contributed by atoms with Gasteiger partial charge >= 0.3 is 0 Å². The van der Waals surface area contributed by atoms with E-state index in [0.717, 1.165) is 12.8 Å². The normalized spacial score (nSPS) is 24.6. The summed E-state index contributed by atoms with van der Waals surface area (Å²) >= 11 is 0. The second kappa shape index (κ2) is 9.16. The SMILES string of the molecule is COc1ccc([C@]2(CC(=O)N3CCC[C@H](O)C3)CC(=O)N(CCC(C)C)C2=O)cc1. The lowest BCUT2D eigenvalue weighted by Crippen LogP contribution is -2.47. The zero-order chi connectivity index (χ0) is 21.9. The molecule has 0 radical (unpaired) electrons. The van der Waals surface area contributed by atoms with Crippen LogP contribution in [0.2, 0.25) is 0 Å². The molecule has 7 heteroatoms. The Morgan fingerprint density at radius 1 is 1.27 bits per heavy atom. The molecule has 2 saturated heterocycles. The fraction of sp³-hybridized carbons (Fsp3) is 0.609. The van der Waals surface area contributed by atoms with Crippen LogP contribution in [0.1, 0.15) is 51.5 Å². The van der Waals surface area contributed by atoms with Crippen LogP contribution in [-0.4, -0.2) is 65.5 Å². The fourth-order valence-electron chi connectivity index (χ4n) is 4.34. The van der Waals surface area contributed by atoms with Crippen molar-refractivity contribution in [1.82, 2.24) is 9.80 Å². The molecule has 0 spiro atoms. The van der Waals surface area contributed by atoms with Gasteiger partial charge < -0.3 is 14.7 Å². The number of methoxy groups -OCH3 is 1. The minimum absolute atomic E-state index is 0.0155. The van der Waals surface area contributed by atoms with Crippen LogP contribution in [0.3, 0.4) is 0 Å². The number of benzene rings is 1. The number of likely N-dealkylation sites (tertiary alicyclic amines) is 2. The van der Waals surface area contributed by atoms with Gasteiger partial charge in [-0.25, -0.2) is 0 Å². The Morgan fingerprint density at radius 3 is 2.57 bits per heavy atom. The smallest absolute Gasteiger partial charge is 0.240 e. The summed E-state index contributed by atoms with van der Waals surface area (Å²) in [4.78, 5) is 42.5. The van der Waals surface area contributed by atoms with Crippen LogP contribution in [0.25, 0.3) is 0 Å². The van der Waals surface area contributed by atoms with E-state index in [1.54, 1.807) is 36.3 Å². The average Bonchev–Trinajstić information content (AvgIpc) is 2.96. The van der Waals surface area contributed by atoms with E-state index in [2.05, 4.69) is 0 Å². The topological polar surface area (TPSA) is 87.2 Å². The Balaban J connectivity index is 1.91. The first-order valence-electron chi connectivity index (χ1n) is 10.7. The van der Waals surface area contributed by atoms with E-state index in [9.17, 15) is 19.5 Å². The molecular formula is C23H32N2O5. The predicted octanol–water partition coefficient (Wildman–Crippen LogP) is 2.11. The summed E-state index contributed by atoms with van der Waals surface area (Å²) in [6, 6.07) is 7.05. The maximum atomic E-state index is 13.5. The third-order valence-corrected chi connectivity index (χ3v) is 6.18. The predicted molar refractivity (Wildman–Crippen MR) is 112 cm³/mol. The number of carbonyl (C=O) groups excluding carboxylic acids is 3. The number of hydrogen-bond donors (Lipinski definition) is 1. The summed E-state index contributed by atoms with van der Waals surface area (Å²) in [6.45, 7) is 5.30. The highest BCUT2D eigenvalue weighted by Crippen LogP contribution is 2.41. The molecule has 3 amide bonds. The van der Waals surface area contributed by atoms with Crippen LogP contribution >= 0.6 is 0 Å². The largest absolute Gasteiger partial charge is 0.497 e. The van der Waals surface area contributed by atoms with Crippen molar-refractivity contribution in [2.24, 2.45) is 5.92 Å². The van der Waals surface area contributed by atoms with Gasteiger partial charge in [-0.05, 0) is 42.9 Å².